The van der Waals surface area contributed by atoms with Gasteiger partial charge in [-0.2, -0.15) is 0 Å². The molecule has 0 aliphatic carbocycles. The number of hydrogen-bond donors (Lipinski definition) is 1. The molecule has 0 aliphatic heterocycles. The number of carbonyl (C=O) groups excluding carboxylic acids is 1. The molecule has 2 amide bonds. The summed E-state index contributed by atoms with van der Waals surface area (Å²) in [5.41, 5.74) is 0. The molecule has 66 valence electrons. The van der Waals surface area contributed by atoms with Crippen LogP contribution in [0.5, 0.6) is 0 Å². The van der Waals surface area contributed by atoms with E-state index in [4.69, 9.17) is 0 Å². The highest BCUT2D eigenvalue weighted by molar-refractivity contribution is 9.12. The van der Waals surface area contributed by atoms with E-state index in [1.54, 1.807) is 14.1 Å². The summed E-state index contributed by atoms with van der Waals surface area (Å²) in [6.45, 7) is 0.641. The SMILES string of the molecule is CN(C)C(=O)NCC(Br)CBr. The van der Waals surface area contributed by atoms with E-state index in [0.29, 0.717) is 11.4 Å². The van der Waals surface area contributed by atoms with Crippen molar-refractivity contribution in [2.24, 2.45) is 0 Å². The third-order valence-electron chi connectivity index (χ3n) is 1.05. The normalized spacial score (nSPS) is 12.4. The van der Waals surface area contributed by atoms with Gasteiger partial charge in [-0.1, -0.05) is 31.9 Å². The van der Waals surface area contributed by atoms with Crippen molar-refractivity contribution in [1.82, 2.24) is 10.2 Å². The van der Waals surface area contributed by atoms with E-state index in [1.165, 1.54) is 4.90 Å². The fourth-order valence-electron chi connectivity index (χ4n) is 0.411. The van der Waals surface area contributed by atoms with Gasteiger partial charge in [-0.25, -0.2) is 4.79 Å². The maximum atomic E-state index is 10.9. The predicted molar refractivity (Wildman–Crippen MR) is 53.6 cm³/mol. The number of urea groups is 1. The van der Waals surface area contributed by atoms with Gasteiger partial charge in [0.1, 0.15) is 0 Å². The van der Waals surface area contributed by atoms with Gasteiger partial charge in [0.15, 0.2) is 0 Å². The van der Waals surface area contributed by atoms with Crippen LogP contribution in [0, 0.1) is 0 Å². The number of hydrogen-bond acceptors (Lipinski definition) is 1. The van der Waals surface area contributed by atoms with Crippen LogP contribution in [0.3, 0.4) is 0 Å². The van der Waals surface area contributed by atoms with E-state index >= 15 is 0 Å². The van der Waals surface area contributed by atoms with Crippen LogP contribution in [0.15, 0.2) is 0 Å². The fourth-order valence-corrected chi connectivity index (χ4v) is 0.802. The van der Waals surface area contributed by atoms with Gasteiger partial charge in [-0.3, -0.25) is 0 Å². The summed E-state index contributed by atoms with van der Waals surface area (Å²) < 4.78 is 0. The van der Waals surface area contributed by atoms with E-state index < -0.39 is 0 Å². The molecule has 0 rings (SSSR count). The lowest BCUT2D eigenvalue weighted by atomic mass is 10.5. The molecule has 0 saturated heterocycles. The minimum absolute atomic E-state index is 0.0598. The van der Waals surface area contributed by atoms with Gasteiger partial charge in [0.25, 0.3) is 0 Å². The third-order valence-corrected chi connectivity index (χ3v) is 3.35. The largest absolute Gasteiger partial charge is 0.337 e. The maximum Gasteiger partial charge on any atom is 0.316 e. The molecule has 11 heavy (non-hydrogen) atoms. The van der Waals surface area contributed by atoms with E-state index in [0.717, 1.165) is 5.33 Å². The number of alkyl halides is 2. The Morgan fingerprint density at radius 3 is 2.55 bits per heavy atom. The Bertz CT molecular complexity index is 130. The van der Waals surface area contributed by atoms with Crippen LogP contribution in [0.2, 0.25) is 0 Å². The second kappa shape index (κ2) is 5.83. The van der Waals surface area contributed by atoms with Crippen LogP contribution in [-0.4, -0.2) is 41.7 Å². The second-order valence-electron chi connectivity index (χ2n) is 2.33. The van der Waals surface area contributed by atoms with Crippen LogP contribution in [0.1, 0.15) is 0 Å². The topological polar surface area (TPSA) is 32.3 Å². The molecule has 0 aromatic heterocycles. The van der Waals surface area contributed by atoms with Crippen molar-refractivity contribution in [3.8, 4) is 0 Å². The molecule has 0 aliphatic rings. The standard InChI is InChI=1S/C6H12Br2N2O/c1-10(2)6(11)9-4-5(8)3-7/h5H,3-4H2,1-2H3,(H,9,11). The Balaban J connectivity index is 3.46. The van der Waals surface area contributed by atoms with Gasteiger partial charge in [0, 0.05) is 30.8 Å². The van der Waals surface area contributed by atoms with Crippen molar-refractivity contribution < 1.29 is 4.79 Å². The number of nitrogens with one attached hydrogen (secondary N) is 1. The first-order valence-electron chi connectivity index (χ1n) is 3.23. The molecule has 1 unspecified atom stereocenters. The van der Waals surface area contributed by atoms with Crippen molar-refractivity contribution in [3.05, 3.63) is 0 Å². The Hall–Kier alpha value is 0.230. The third kappa shape index (κ3) is 5.49. The van der Waals surface area contributed by atoms with Crippen molar-refractivity contribution >= 4 is 37.9 Å². The van der Waals surface area contributed by atoms with Crippen LogP contribution >= 0.6 is 31.9 Å². The highest BCUT2D eigenvalue weighted by Crippen LogP contribution is 2.01. The first-order chi connectivity index (χ1) is 5.07. The molecule has 1 N–H and O–H groups in total. The number of carbonyl (C=O) groups is 1. The number of rotatable bonds is 3. The molecule has 0 spiro atoms. The zero-order chi connectivity index (χ0) is 8.85. The summed E-state index contributed by atoms with van der Waals surface area (Å²) in [5.74, 6) is 0. The Kier molecular flexibility index (Phi) is 5.95. The zero-order valence-corrected chi connectivity index (χ0v) is 9.77. The average molecular weight is 288 g/mol. The first-order valence-corrected chi connectivity index (χ1v) is 5.26. The van der Waals surface area contributed by atoms with Crippen molar-refractivity contribution in [1.29, 1.82) is 0 Å². The molecule has 0 radical (unpaired) electrons. The molecular weight excluding hydrogens is 276 g/mol. The van der Waals surface area contributed by atoms with Gasteiger partial charge in [0.05, 0.1) is 0 Å². The molecule has 3 nitrogen and oxygen atoms in total. The molecule has 0 fully saturated rings. The van der Waals surface area contributed by atoms with Gasteiger partial charge < -0.3 is 10.2 Å². The molecule has 0 aromatic rings. The van der Waals surface area contributed by atoms with Crippen LogP contribution < -0.4 is 5.32 Å². The Morgan fingerprint density at radius 1 is 1.64 bits per heavy atom. The van der Waals surface area contributed by atoms with E-state index in [-0.39, 0.29) is 6.03 Å². The lowest BCUT2D eigenvalue weighted by molar-refractivity contribution is 0.217. The van der Waals surface area contributed by atoms with Crippen LogP contribution in [0.25, 0.3) is 0 Å². The lowest BCUT2D eigenvalue weighted by Crippen LogP contribution is -2.37. The van der Waals surface area contributed by atoms with Crippen LogP contribution in [0.4, 0.5) is 4.79 Å². The molecule has 0 heterocycles. The van der Waals surface area contributed by atoms with E-state index in [1.807, 2.05) is 0 Å². The van der Waals surface area contributed by atoms with Crippen molar-refractivity contribution in [3.63, 3.8) is 0 Å². The van der Waals surface area contributed by atoms with E-state index in [9.17, 15) is 4.79 Å². The second-order valence-corrected chi connectivity index (χ2v) is 4.27. The van der Waals surface area contributed by atoms with Gasteiger partial charge in [-0.15, -0.1) is 0 Å². The predicted octanol–water partition coefficient (Wildman–Crippen LogP) is 1.42. The summed E-state index contributed by atoms with van der Waals surface area (Å²) >= 11 is 6.66. The minimum Gasteiger partial charge on any atom is -0.337 e. The summed E-state index contributed by atoms with van der Waals surface area (Å²) in [6.07, 6.45) is 0. The molecule has 0 saturated carbocycles. The molecule has 0 bridgehead atoms. The smallest absolute Gasteiger partial charge is 0.316 e. The molecular formula is C6H12Br2N2O. The number of amides is 2. The van der Waals surface area contributed by atoms with Gasteiger partial charge in [0.2, 0.25) is 0 Å². The highest BCUT2D eigenvalue weighted by atomic mass is 79.9. The van der Waals surface area contributed by atoms with Gasteiger partial charge >= 0.3 is 6.03 Å². The summed E-state index contributed by atoms with van der Waals surface area (Å²) in [4.78, 5) is 12.7. The summed E-state index contributed by atoms with van der Waals surface area (Å²) in [7, 11) is 3.43. The molecule has 5 heteroatoms. The molecule has 0 aromatic carbocycles. The minimum atomic E-state index is -0.0598. The lowest BCUT2D eigenvalue weighted by Gasteiger charge is -2.13. The van der Waals surface area contributed by atoms with Crippen molar-refractivity contribution in [2.75, 3.05) is 26.0 Å². The summed E-state index contributed by atoms with van der Waals surface area (Å²) in [5, 5.41) is 3.58. The maximum absolute atomic E-state index is 10.9. The number of halogens is 2. The first kappa shape index (κ1) is 11.2. The monoisotopic (exact) mass is 286 g/mol. The average Bonchev–Trinajstić information content (AvgIpc) is 1.99. The number of nitrogens with zero attached hydrogens (tertiary/aromatic N) is 1. The van der Waals surface area contributed by atoms with E-state index in [2.05, 4.69) is 37.2 Å². The van der Waals surface area contributed by atoms with Crippen molar-refractivity contribution in [2.45, 2.75) is 4.83 Å². The Morgan fingerprint density at radius 2 is 2.18 bits per heavy atom. The van der Waals surface area contributed by atoms with Crippen LogP contribution in [-0.2, 0) is 0 Å². The molecule has 1 atom stereocenters. The Labute approximate surface area is 83.8 Å². The summed E-state index contributed by atoms with van der Waals surface area (Å²) in [6, 6.07) is -0.0598. The fraction of sp³-hybridized carbons (Fsp3) is 0.833. The quantitative estimate of drug-likeness (QED) is 0.783. The highest BCUT2D eigenvalue weighted by Gasteiger charge is 2.05. The van der Waals surface area contributed by atoms with Gasteiger partial charge in [-0.05, 0) is 0 Å². The zero-order valence-electron chi connectivity index (χ0n) is 6.60.